The van der Waals surface area contributed by atoms with Crippen molar-refractivity contribution >= 4 is 28.1 Å². The molecule has 5 rings (SSSR count). The molecule has 3 aromatic rings. The molecule has 0 radical (unpaired) electrons. The van der Waals surface area contributed by atoms with Gasteiger partial charge in [-0.1, -0.05) is 0 Å². The number of hydrogen-bond acceptors (Lipinski definition) is 8. The molecular formula is C25H30N6O2S. The van der Waals surface area contributed by atoms with Gasteiger partial charge in [-0.3, -0.25) is 14.7 Å². The summed E-state index contributed by atoms with van der Waals surface area (Å²) in [7, 11) is 4.04. The number of nitrogens with zero attached hydrogens (tertiary/aromatic N) is 5. The second-order valence-electron chi connectivity index (χ2n) is 8.90. The minimum atomic E-state index is -0.00127. The summed E-state index contributed by atoms with van der Waals surface area (Å²) in [6.45, 7) is 5.93. The minimum absolute atomic E-state index is 0.00127. The molecule has 4 heterocycles. The van der Waals surface area contributed by atoms with Crippen LogP contribution in [0.1, 0.15) is 27.2 Å². The quantitative estimate of drug-likeness (QED) is 0.534. The molecule has 1 fully saturated rings. The summed E-state index contributed by atoms with van der Waals surface area (Å²) < 4.78 is 5.85. The summed E-state index contributed by atoms with van der Waals surface area (Å²) in [5.74, 6) is 0.797. The van der Waals surface area contributed by atoms with E-state index in [-0.39, 0.29) is 5.91 Å². The molecule has 8 nitrogen and oxygen atoms in total. The maximum Gasteiger partial charge on any atom is 0.260 e. The molecule has 2 aromatic heterocycles. The Labute approximate surface area is 204 Å². The van der Waals surface area contributed by atoms with Gasteiger partial charge < -0.3 is 19.9 Å². The number of anilines is 2. The Bertz CT molecular complexity index is 1160. The van der Waals surface area contributed by atoms with Crippen molar-refractivity contribution in [3.8, 4) is 5.75 Å². The zero-order valence-corrected chi connectivity index (χ0v) is 20.5. The van der Waals surface area contributed by atoms with Gasteiger partial charge in [0.15, 0.2) is 5.13 Å². The molecular weight excluding hydrogens is 448 g/mol. The maximum absolute atomic E-state index is 13.1. The monoisotopic (exact) mass is 478 g/mol. The van der Waals surface area contributed by atoms with Gasteiger partial charge in [-0.25, -0.2) is 4.98 Å². The number of carbonyl (C=O) groups is 1. The van der Waals surface area contributed by atoms with Crippen LogP contribution in [0.5, 0.6) is 5.75 Å². The highest BCUT2D eigenvalue weighted by Gasteiger charge is 2.31. The van der Waals surface area contributed by atoms with Crippen LogP contribution < -0.4 is 19.9 Å². The number of hydrogen-bond donors (Lipinski definition) is 1. The Morgan fingerprint density at radius 3 is 2.88 bits per heavy atom. The van der Waals surface area contributed by atoms with E-state index in [0.717, 1.165) is 66.0 Å². The highest BCUT2D eigenvalue weighted by molar-refractivity contribution is 7.14. The van der Waals surface area contributed by atoms with Crippen LogP contribution in [-0.2, 0) is 13.0 Å². The molecule has 9 heteroatoms. The first-order valence-corrected chi connectivity index (χ1v) is 12.5. The lowest BCUT2D eigenvalue weighted by atomic mass is 10.1. The summed E-state index contributed by atoms with van der Waals surface area (Å²) in [4.78, 5) is 28.5. The number of amides is 1. The van der Waals surface area contributed by atoms with E-state index in [4.69, 9.17) is 9.72 Å². The summed E-state index contributed by atoms with van der Waals surface area (Å²) in [6.07, 6.45) is 4.49. The second-order valence-corrected chi connectivity index (χ2v) is 9.74. The number of ether oxygens (including phenoxy) is 1. The van der Waals surface area contributed by atoms with Gasteiger partial charge in [0.1, 0.15) is 12.4 Å². The van der Waals surface area contributed by atoms with Crippen LogP contribution in [0.4, 0.5) is 10.8 Å². The van der Waals surface area contributed by atoms with Crippen LogP contribution in [0, 0.1) is 0 Å². The van der Waals surface area contributed by atoms with Crippen molar-refractivity contribution < 1.29 is 9.53 Å². The third-order valence-corrected chi connectivity index (χ3v) is 7.08. The summed E-state index contributed by atoms with van der Waals surface area (Å²) in [6, 6.07) is 7.81. The largest absolute Gasteiger partial charge is 0.492 e. The van der Waals surface area contributed by atoms with Crippen LogP contribution in [0.25, 0.3) is 0 Å². The van der Waals surface area contributed by atoms with E-state index in [1.54, 1.807) is 4.90 Å². The van der Waals surface area contributed by atoms with Crippen LogP contribution in [0.15, 0.2) is 42.0 Å². The average molecular weight is 479 g/mol. The molecule has 0 unspecified atom stereocenters. The van der Waals surface area contributed by atoms with Gasteiger partial charge >= 0.3 is 0 Å². The molecule has 0 bridgehead atoms. The molecule has 0 atom stereocenters. The van der Waals surface area contributed by atoms with Gasteiger partial charge in [0.05, 0.1) is 12.2 Å². The van der Waals surface area contributed by atoms with Gasteiger partial charge in [-0.05, 0) is 49.5 Å². The van der Waals surface area contributed by atoms with Crippen molar-refractivity contribution in [2.45, 2.75) is 13.0 Å². The topological polar surface area (TPSA) is 73.8 Å². The molecule has 0 spiro atoms. The van der Waals surface area contributed by atoms with E-state index < -0.39 is 0 Å². The van der Waals surface area contributed by atoms with Crippen LogP contribution in [0.2, 0.25) is 0 Å². The first-order valence-electron chi connectivity index (χ1n) is 11.6. The summed E-state index contributed by atoms with van der Waals surface area (Å²) >= 11 is 1.52. The van der Waals surface area contributed by atoms with Crippen LogP contribution in [-0.4, -0.2) is 74.2 Å². The number of pyridine rings is 1. The SMILES string of the molecule is CN(C)CCOc1ccc2c(c1)CN(c1nc(Cc3cnccc3N3CCNCC3)cs1)C2=O. The fourth-order valence-corrected chi connectivity index (χ4v) is 5.18. The van der Waals surface area contributed by atoms with Crippen molar-refractivity contribution in [2.75, 3.05) is 63.2 Å². The van der Waals surface area contributed by atoms with Crippen molar-refractivity contribution in [2.24, 2.45) is 0 Å². The predicted octanol–water partition coefficient (Wildman–Crippen LogP) is 2.64. The van der Waals surface area contributed by atoms with Crippen LogP contribution >= 0.6 is 11.3 Å². The number of aromatic nitrogens is 2. The second kappa shape index (κ2) is 10.1. The number of carbonyl (C=O) groups excluding carboxylic acids is 1. The fourth-order valence-electron chi connectivity index (χ4n) is 4.35. The maximum atomic E-state index is 13.1. The lowest BCUT2D eigenvalue weighted by Gasteiger charge is -2.30. The van der Waals surface area contributed by atoms with E-state index in [1.165, 1.54) is 17.0 Å². The normalized spacial score (nSPS) is 15.8. The number of nitrogens with one attached hydrogen (secondary N) is 1. The Hall–Kier alpha value is -3.01. The standard InChI is InChI=1S/C25H30N6O2S/c1-29(2)11-12-33-21-3-4-22-19(14-21)16-31(24(22)32)25-28-20(17-34-25)13-18-15-27-6-5-23(18)30-9-7-26-8-10-30/h3-6,14-15,17,26H,7-13,16H2,1-2H3. The van der Waals surface area contributed by atoms with E-state index in [9.17, 15) is 4.79 Å². The van der Waals surface area contributed by atoms with Crippen molar-refractivity contribution in [3.63, 3.8) is 0 Å². The van der Waals surface area contributed by atoms with Crippen molar-refractivity contribution in [1.29, 1.82) is 0 Å². The highest BCUT2D eigenvalue weighted by atomic mass is 32.1. The lowest BCUT2D eigenvalue weighted by Crippen LogP contribution is -2.43. The molecule has 34 heavy (non-hydrogen) atoms. The number of rotatable bonds is 8. The molecule has 1 aromatic carbocycles. The van der Waals surface area contributed by atoms with Gasteiger partial charge in [0.2, 0.25) is 0 Å². The molecule has 2 aliphatic rings. The predicted molar refractivity (Wildman–Crippen MR) is 135 cm³/mol. The van der Waals surface area contributed by atoms with Gasteiger partial charge in [0.25, 0.3) is 5.91 Å². The molecule has 1 saturated heterocycles. The van der Waals surface area contributed by atoms with Gasteiger partial charge in [0, 0.05) is 68.2 Å². The first kappa shape index (κ1) is 22.8. The average Bonchev–Trinajstić information content (AvgIpc) is 3.44. The highest BCUT2D eigenvalue weighted by Crippen LogP contribution is 2.33. The van der Waals surface area contributed by atoms with E-state index in [1.807, 2.05) is 44.7 Å². The van der Waals surface area contributed by atoms with Crippen molar-refractivity contribution in [1.82, 2.24) is 20.2 Å². The van der Waals surface area contributed by atoms with Gasteiger partial charge in [-0.15, -0.1) is 11.3 Å². The summed E-state index contributed by atoms with van der Waals surface area (Å²) in [5, 5.41) is 6.19. The zero-order valence-electron chi connectivity index (χ0n) is 19.7. The molecule has 0 saturated carbocycles. The zero-order chi connectivity index (χ0) is 23.5. The van der Waals surface area contributed by atoms with E-state index in [2.05, 4.69) is 31.5 Å². The first-order chi connectivity index (χ1) is 16.6. The number of fused-ring (bicyclic) bond motifs is 1. The Balaban J connectivity index is 1.28. The third kappa shape index (κ3) is 4.91. The molecule has 1 N–H and O–H groups in total. The van der Waals surface area contributed by atoms with Crippen LogP contribution in [0.3, 0.4) is 0 Å². The molecule has 0 aliphatic carbocycles. The molecule has 1 amide bonds. The van der Waals surface area contributed by atoms with Gasteiger partial charge in [-0.2, -0.15) is 0 Å². The Morgan fingerprint density at radius 2 is 2.06 bits per heavy atom. The number of likely N-dealkylation sites (N-methyl/N-ethyl adjacent to an activating group) is 1. The van der Waals surface area contributed by atoms with Crippen molar-refractivity contribution in [3.05, 3.63) is 64.4 Å². The number of thiazole rings is 1. The van der Waals surface area contributed by atoms with E-state index >= 15 is 0 Å². The fraction of sp³-hybridized carbons (Fsp3) is 0.400. The lowest BCUT2D eigenvalue weighted by molar-refractivity contribution is 0.0996. The smallest absolute Gasteiger partial charge is 0.260 e. The third-order valence-electron chi connectivity index (χ3n) is 6.17. The minimum Gasteiger partial charge on any atom is -0.492 e. The Kier molecular flexibility index (Phi) is 6.75. The molecule has 2 aliphatic heterocycles. The number of piperazine rings is 1. The molecule has 178 valence electrons. The Morgan fingerprint density at radius 1 is 1.21 bits per heavy atom. The van der Waals surface area contributed by atoms with E-state index in [0.29, 0.717) is 19.6 Å². The number of benzene rings is 1. The summed E-state index contributed by atoms with van der Waals surface area (Å²) in [5.41, 5.74) is 5.05.